The van der Waals surface area contributed by atoms with Crippen LogP contribution in [0, 0.1) is 12.3 Å². The van der Waals surface area contributed by atoms with E-state index in [4.69, 9.17) is 0 Å². The number of nitrogens with one attached hydrogen (secondary N) is 2. The molecular weight excluding hydrogens is 510 g/mol. The lowest BCUT2D eigenvalue weighted by atomic mass is 9.84. The molecule has 11 heteroatoms. The Balaban J connectivity index is 1.53. The van der Waals surface area contributed by atoms with Gasteiger partial charge in [0.1, 0.15) is 17.8 Å². The van der Waals surface area contributed by atoms with Crippen LogP contribution in [0.3, 0.4) is 0 Å². The molecule has 1 aliphatic rings. The molecule has 1 aromatic carbocycles. The zero-order valence-electron chi connectivity index (χ0n) is 22.5. The predicted octanol–water partition coefficient (Wildman–Crippen LogP) is 2.55. The molecule has 0 aliphatic carbocycles. The summed E-state index contributed by atoms with van der Waals surface area (Å²) in [5, 5.41) is 13.3. The lowest BCUT2D eigenvalue weighted by Gasteiger charge is -2.45. The van der Waals surface area contributed by atoms with E-state index in [0.29, 0.717) is 13.1 Å². The summed E-state index contributed by atoms with van der Waals surface area (Å²) in [6.45, 7) is 7.09. The Hall–Kier alpha value is -4.93. The van der Waals surface area contributed by atoms with Crippen LogP contribution in [0.1, 0.15) is 45.7 Å². The third-order valence-corrected chi connectivity index (χ3v) is 6.75. The van der Waals surface area contributed by atoms with Gasteiger partial charge in [-0.05, 0) is 42.2 Å². The zero-order valence-corrected chi connectivity index (χ0v) is 22.5. The molecule has 3 amide bonds. The number of aromatic nitrogens is 4. The molecule has 4 aromatic rings. The quantitative estimate of drug-likeness (QED) is 0.368. The Morgan fingerprint density at radius 1 is 0.975 bits per heavy atom. The van der Waals surface area contributed by atoms with Crippen LogP contribution >= 0.6 is 0 Å². The Morgan fingerprint density at radius 2 is 1.73 bits per heavy atom. The van der Waals surface area contributed by atoms with Crippen molar-refractivity contribution in [1.29, 1.82) is 0 Å². The summed E-state index contributed by atoms with van der Waals surface area (Å²) in [7, 11) is 0. The van der Waals surface area contributed by atoms with Crippen LogP contribution in [0.15, 0.2) is 65.7 Å². The van der Waals surface area contributed by atoms with Crippen molar-refractivity contribution in [3.63, 3.8) is 0 Å². The lowest BCUT2D eigenvalue weighted by molar-refractivity contribution is -0.142. The third-order valence-electron chi connectivity index (χ3n) is 6.75. The number of rotatable bonds is 7. The summed E-state index contributed by atoms with van der Waals surface area (Å²) in [4.78, 5) is 59.2. The maximum atomic E-state index is 13.6. The topological polar surface area (TPSA) is 139 Å². The highest BCUT2D eigenvalue weighted by molar-refractivity contribution is 6.12. The highest BCUT2D eigenvalue weighted by Crippen LogP contribution is 2.29. The number of carbonyl (C=O) groups excluding carboxylic acids is 3. The number of aryl methyl sites for hydroxylation is 1. The van der Waals surface area contributed by atoms with Crippen molar-refractivity contribution in [2.24, 2.45) is 5.41 Å². The molecule has 0 atom stereocenters. The maximum Gasteiger partial charge on any atom is 0.265 e. The molecule has 3 aromatic heterocycles. The minimum absolute atomic E-state index is 0.00421. The van der Waals surface area contributed by atoms with Gasteiger partial charge in [-0.1, -0.05) is 43.7 Å². The molecule has 0 spiro atoms. The van der Waals surface area contributed by atoms with Crippen molar-refractivity contribution in [3.8, 4) is 0 Å². The van der Waals surface area contributed by atoms with Crippen LogP contribution in [0.4, 0.5) is 5.82 Å². The summed E-state index contributed by atoms with van der Waals surface area (Å²) < 4.78 is 1.17. The van der Waals surface area contributed by atoms with Gasteiger partial charge in [-0.3, -0.25) is 23.7 Å². The maximum absolute atomic E-state index is 13.6. The molecule has 204 valence electrons. The molecule has 0 unspecified atom stereocenters. The van der Waals surface area contributed by atoms with Gasteiger partial charge < -0.3 is 15.5 Å². The van der Waals surface area contributed by atoms with Crippen molar-refractivity contribution in [3.05, 3.63) is 93.5 Å². The first kappa shape index (κ1) is 26.7. The monoisotopic (exact) mass is 539 g/mol. The van der Waals surface area contributed by atoms with E-state index in [9.17, 15) is 19.2 Å². The number of carbonyl (C=O) groups is 3. The molecule has 0 radical (unpaired) electrons. The van der Waals surface area contributed by atoms with Gasteiger partial charge in [0.05, 0.1) is 5.56 Å². The molecule has 2 N–H and O–H groups in total. The molecule has 1 saturated heterocycles. The molecule has 1 aliphatic heterocycles. The van der Waals surface area contributed by atoms with E-state index in [2.05, 4.69) is 39.7 Å². The largest absolute Gasteiger partial charge is 0.348 e. The Kier molecular flexibility index (Phi) is 7.12. The minimum atomic E-state index is -0.666. The normalized spacial score (nSPS) is 13.9. The van der Waals surface area contributed by atoms with Crippen molar-refractivity contribution < 1.29 is 14.4 Å². The van der Waals surface area contributed by atoms with Crippen LogP contribution in [0.5, 0.6) is 0 Å². The van der Waals surface area contributed by atoms with E-state index in [1.165, 1.54) is 29.1 Å². The van der Waals surface area contributed by atoms with Crippen molar-refractivity contribution in [1.82, 2.24) is 30.0 Å². The highest BCUT2D eigenvalue weighted by atomic mass is 16.2. The second-order valence-corrected chi connectivity index (χ2v) is 10.7. The molecule has 1 fully saturated rings. The first-order valence-electron chi connectivity index (χ1n) is 12.8. The van der Waals surface area contributed by atoms with E-state index >= 15 is 0 Å². The smallest absolute Gasteiger partial charge is 0.265 e. The fourth-order valence-corrected chi connectivity index (χ4v) is 4.71. The molecule has 4 heterocycles. The molecule has 40 heavy (non-hydrogen) atoms. The van der Waals surface area contributed by atoms with E-state index in [1.54, 1.807) is 17.0 Å². The number of benzene rings is 1. The van der Waals surface area contributed by atoms with Crippen molar-refractivity contribution in [2.45, 2.75) is 33.9 Å². The van der Waals surface area contributed by atoms with Gasteiger partial charge in [-0.15, -0.1) is 5.10 Å². The zero-order chi connectivity index (χ0) is 28.4. The van der Waals surface area contributed by atoms with Crippen molar-refractivity contribution in [2.75, 3.05) is 18.4 Å². The average Bonchev–Trinajstić information content (AvgIpc) is 2.92. The van der Waals surface area contributed by atoms with Gasteiger partial charge in [0.15, 0.2) is 5.82 Å². The van der Waals surface area contributed by atoms with Crippen molar-refractivity contribution >= 4 is 34.6 Å². The van der Waals surface area contributed by atoms with Crippen LogP contribution in [0.2, 0.25) is 0 Å². The van der Waals surface area contributed by atoms with Gasteiger partial charge in [0.2, 0.25) is 5.91 Å². The average molecular weight is 540 g/mol. The van der Waals surface area contributed by atoms with Gasteiger partial charge >= 0.3 is 0 Å². The number of nitrogens with zero attached hydrogens (tertiary/aromatic N) is 5. The Morgan fingerprint density at radius 3 is 2.40 bits per heavy atom. The Bertz CT molecular complexity index is 1660. The molecule has 0 bridgehead atoms. The number of hydrogen-bond acceptors (Lipinski definition) is 7. The van der Waals surface area contributed by atoms with E-state index in [-0.39, 0.29) is 52.4 Å². The molecular formula is C29H29N7O4. The van der Waals surface area contributed by atoms with Crippen LogP contribution in [0.25, 0.3) is 11.0 Å². The summed E-state index contributed by atoms with van der Waals surface area (Å²) >= 11 is 0. The number of likely N-dealkylation sites (tertiary alicyclic amines) is 1. The van der Waals surface area contributed by atoms with Gasteiger partial charge in [0.25, 0.3) is 17.4 Å². The Labute approximate surface area is 230 Å². The van der Waals surface area contributed by atoms with E-state index in [0.717, 1.165) is 11.1 Å². The SMILES string of the molecule is Cc1ccc(CNC(=O)c2cc3c(C(=O)Nc4cccnn4)ccnc3n(CC(=O)N3CC(C)(C)C3)c2=O)cc1. The van der Waals surface area contributed by atoms with Crippen LogP contribution in [-0.4, -0.2) is 55.5 Å². The second kappa shape index (κ2) is 10.7. The van der Waals surface area contributed by atoms with Crippen LogP contribution < -0.4 is 16.2 Å². The summed E-state index contributed by atoms with van der Waals surface area (Å²) in [6, 6.07) is 13.7. The lowest BCUT2D eigenvalue weighted by Crippen LogP contribution is -2.56. The number of fused-ring (bicyclic) bond motifs is 1. The first-order chi connectivity index (χ1) is 19.1. The number of hydrogen-bond donors (Lipinski definition) is 2. The van der Waals surface area contributed by atoms with E-state index < -0.39 is 17.4 Å². The fourth-order valence-electron chi connectivity index (χ4n) is 4.71. The molecule has 5 rings (SSSR count). The first-order valence-corrected chi connectivity index (χ1v) is 12.8. The predicted molar refractivity (Wildman–Crippen MR) is 149 cm³/mol. The third kappa shape index (κ3) is 5.58. The van der Waals surface area contributed by atoms with Gasteiger partial charge in [-0.25, -0.2) is 4.98 Å². The summed E-state index contributed by atoms with van der Waals surface area (Å²) in [6.07, 6.45) is 2.87. The van der Waals surface area contributed by atoms with E-state index in [1.807, 2.05) is 31.2 Å². The molecule has 11 nitrogen and oxygen atoms in total. The number of amides is 3. The standard InChI is InChI=1S/C29H29N7O4/c1-18-6-8-19(9-7-18)14-31-26(38)22-13-21-20(27(39)33-23-5-4-11-32-34-23)10-12-30-25(21)36(28(22)40)15-24(37)35-16-29(2,3)17-35/h4-13H,14-17H2,1-3H3,(H,31,38)(H,33,34,39). The molecule has 0 saturated carbocycles. The minimum Gasteiger partial charge on any atom is -0.348 e. The number of pyridine rings is 2. The summed E-state index contributed by atoms with van der Waals surface area (Å²) in [5.74, 6) is -1.18. The summed E-state index contributed by atoms with van der Waals surface area (Å²) in [5.41, 5.74) is 1.38. The van der Waals surface area contributed by atoms with Gasteiger partial charge in [0, 0.05) is 37.4 Å². The fraction of sp³-hybridized carbons (Fsp3) is 0.276. The van der Waals surface area contributed by atoms with Gasteiger partial charge in [-0.2, -0.15) is 5.10 Å². The number of anilines is 1. The highest BCUT2D eigenvalue weighted by Gasteiger charge is 2.37. The van der Waals surface area contributed by atoms with Crippen LogP contribution in [-0.2, 0) is 17.9 Å². The second-order valence-electron chi connectivity index (χ2n) is 10.7.